The molecule has 0 fully saturated rings. The van der Waals surface area contributed by atoms with Crippen molar-refractivity contribution in [1.29, 1.82) is 0 Å². The zero-order valence-corrected chi connectivity index (χ0v) is 12.2. The van der Waals surface area contributed by atoms with Gasteiger partial charge in [-0.1, -0.05) is 25.4 Å². The fourth-order valence-electron chi connectivity index (χ4n) is 1.65. The maximum Gasteiger partial charge on any atom is 0.256 e. The number of carbonyl (C=O) groups is 1. The summed E-state index contributed by atoms with van der Waals surface area (Å²) in [7, 11) is 1.64. The van der Waals surface area contributed by atoms with Crippen LogP contribution in [0.25, 0.3) is 0 Å². The van der Waals surface area contributed by atoms with Crippen LogP contribution < -0.4 is 5.73 Å². The average Bonchev–Trinajstić information content (AvgIpc) is 2.34. The van der Waals surface area contributed by atoms with E-state index in [1.165, 1.54) is 17.0 Å². The summed E-state index contributed by atoms with van der Waals surface area (Å²) in [4.78, 5) is 13.5. The summed E-state index contributed by atoms with van der Waals surface area (Å²) >= 11 is 5.66. The van der Waals surface area contributed by atoms with E-state index in [1.54, 1.807) is 7.05 Å². The van der Waals surface area contributed by atoms with Gasteiger partial charge in [-0.2, -0.15) is 0 Å². The highest BCUT2D eigenvalue weighted by Gasteiger charge is 2.17. The van der Waals surface area contributed by atoms with Gasteiger partial charge >= 0.3 is 0 Å². The van der Waals surface area contributed by atoms with E-state index in [-0.39, 0.29) is 22.5 Å². The summed E-state index contributed by atoms with van der Waals surface area (Å²) < 4.78 is 13.6. The topological polar surface area (TPSA) is 46.3 Å². The summed E-state index contributed by atoms with van der Waals surface area (Å²) in [5.41, 5.74) is 5.96. The minimum Gasteiger partial charge on any atom is -0.342 e. The molecule has 3 nitrogen and oxygen atoms in total. The molecule has 0 radical (unpaired) electrons. The molecule has 0 aromatic heterocycles. The first-order chi connectivity index (χ1) is 8.82. The number of hydrogen-bond donors (Lipinski definition) is 1. The number of hydrogen-bond acceptors (Lipinski definition) is 2. The second kappa shape index (κ2) is 6.87. The molecule has 1 atom stereocenters. The van der Waals surface area contributed by atoms with Crippen molar-refractivity contribution >= 4 is 17.5 Å². The molecule has 0 aliphatic heterocycles. The first-order valence-corrected chi connectivity index (χ1v) is 6.66. The third-order valence-corrected chi connectivity index (χ3v) is 3.40. The number of nitrogens with two attached hydrogens (primary N) is 1. The van der Waals surface area contributed by atoms with Crippen LogP contribution in [0.4, 0.5) is 4.39 Å². The Morgan fingerprint density at radius 1 is 1.47 bits per heavy atom. The molecule has 2 N–H and O–H groups in total. The van der Waals surface area contributed by atoms with Crippen LogP contribution in [0.1, 0.15) is 30.6 Å². The van der Waals surface area contributed by atoms with Gasteiger partial charge in [-0.05, 0) is 30.5 Å². The number of rotatable bonds is 5. The van der Waals surface area contributed by atoms with E-state index in [9.17, 15) is 9.18 Å². The van der Waals surface area contributed by atoms with Crippen molar-refractivity contribution in [3.63, 3.8) is 0 Å². The smallest absolute Gasteiger partial charge is 0.256 e. The number of benzene rings is 1. The summed E-state index contributed by atoms with van der Waals surface area (Å²) in [6, 6.07) is 4.08. The Bertz CT molecular complexity index is 451. The number of carbonyl (C=O) groups excluding carboxylic acids is 1. The highest BCUT2D eigenvalue weighted by molar-refractivity contribution is 6.30. The predicted octanol–water partition coefficient (Wildman–Crippen LogP) is 2.92. The Kier molecular flexibility index (Phi) is 5.76. The first-order valence-electron chi connectivity index (χ1n) is 6.29. The monoisotopic (exact) mass is 286 g/mol. The lowest BCUT2D eigenvalue weighted by atomic mass is 10.0. The minimum atomic E-state index is -0.600. The van der Waals surface area contributed by atoms with Crippen molar-refractivity contribution in [3.05, 3.63) is 34.6 Å². The quantitative estimate of drug-likeness (QED) is 0.905. The third-order valence-electron chi connectivity index (χ3n) is 3.16. The fourth-order valence-corrected chi connectivity index (χ4v) is 1.80. The highest BCUT2D eigenvalue weighted by Crippen LogP contribution is 2.16. The van der Waals surface area contributed by atoms with Gasteiger partial charge in [-0.3, -0.25) is 4.79 Å². The summed E-state index contributed by atoms with van der Waals surface area (Å²) in [5.74, 6) is -0.599. The molecule has 19 heavy (non-hydrogen) atoms. The molecule has 1 aromatic rings. The van der Waals surface area contributed by atoms with Crippen LogP contribution in [-0.4, -0.2) is 30.4 Å². The number of halogens is 2. The summed E-state index contributed by atoms with van der Waals surface area (Å²) in [6.07, 6.45) is 0.690. The third kappa shape index (κ3) is 4.48. The van der Waals surface area contributed by atoms with Gasteiger partial charge in [0.15, 0.2) is 0 Å². The molecule has 1 unspecified atom stereocenters. The summed E-state index contributed by atoms with van der Waals surface area (Å²) in [6.45, 7) is 4.57. The van der Waals surface area contributed by atoms with Gasteiger partial charge in [0.05, 0.1) is 5.56 Å². The van der Waals surface area contributed by atoms with Crippen molar-refractivity contribution < 1.29 is 9.18 Å². The van der Waals surface area contributed by atoms with Gasteiger partial charge < -0.3 is 10.6 Å². The molecule has 5 heteroatoms. The highest BCUT2D eigenvalue weighted by atomic mass is 35.5. The molecule has 0 saturated carbocycles. The van der Waals surface area contributed by atoms with Crippen molar-refractivity contribution in [2.24, 2.45) is 11.7 Å². The molecule has 0 aliphatic carbocycles. The van der Waals surface area contributed by atoms with Gasteiger partial charge in [-0.25, -0.2) is 4.39 Å². The molecule has 0 aliphatic rings. The van der Waals surface area contributed by atoms with E-state index in [0.29, 0.717) is 18.9 Å². The molecule has 0 bridgehead atoms. The Labute approximate surface area is 118 Å². The summed E-state index contributed by atoms with van der Waals surface area (Å²) in [5, 5.41) is 0.276. The SMILES string of the molecule is CC(C)C(N)CCN(C)C(=O)c1ccc(Cl)cc1F. The Morgan fingerprint density at radius 3 is 2.63 bits per heavy atom. The molecule has 0 heterocycles. The van der Waals surface area contributed by atoms with Gasteiger partial charge in [0.25, 0.3) is 5.91 Å². The largest absolute Gasteiger partial charge is 0.342 e. The normalized spacial score (nSPS) is 12.6. The molecular formula is C14H20ClFN2O. The van der Waals surface area contributed by atoms with E-state index >= 15 is 0 Å². The van der Waals surface area contributed by atoms with Gasteiger partial charge in [0, 0.05) is 24.7 Å². The van der Waals surface area contributed by atoms with Crippen molar-refractivity contribution in [3.8, 4) is 0 Å². The van der Waals surface area contributed by atoms with Crippen LogP contribution in [-0.2, 0) is 0 Å². The Balaban J connectivity index is 2.66. The number of amides is 1. The standard InChI is InChI=1S/C14H20ClFN2O/c1-9(2)13(17)6-7-18(3)14(19)11-5-4-10(15)8-12(11)16/h4-5,8-9,13H,6-7,17H2,1-3H3. The lowest BCUT2D eigenvalue weighted by Gasteiger charge is -2.21. The van der Waals surface area contributed by atoms with Crippen molar-refractivity contribution in [1.82, 2.24) is 4.90 Å². The van der Waals surface area contributed by atoms with Crippen LogP contribution in [0.3, 0.4) is 0 Å². The second-order valence-corrected chi connectivity index (χ2v) is 5.48. The van der Waals surface area contributed by atoms with Crippen LogP contribution in [0, 0.1) is 11.7 Å². The first kappa shape index (κ1) is 15.9. The van der Waals surface area contributed by atoms with Crippen molar-refractivity contribution in [2.45, 2.75) is 26.3 Å². The average molecular weight is 287 g/mol. The Hall–Kier alpha value is -1.13. The van der Waals surface area contributed by atoms with Crippen LogP contribution in [0.15, 0.2) is 18.2 Å². The van der Waals surface area contributed by atoms with E-state index in [4.69, 9.17) is 17.3 Å². The lowest BCUT2D eigenvalue weighted by molar-refractivity contribution is 0.0784. The minimum absolute atomic E-state index is 0.0324. The molecular weight excluding hydrogens is 267 g/mol. The molecule has 1 amide bonds. The van der Waals surface area contributed by atoms with E-state index in [2.05, 4.69) is 0 Å². The second-order valence-electron chi connectivity index (χ2n) is 5.05. The van der Waals surface area contributed by atoms with Crippen LogP contribution in [0.5, 0.6) is 0 Å². The maximum absolute atomic E-state index is 13.6. The van der Waals surface area contributed by atoms with Crippen molar-refractivity contribution in [2.75, 3.05) is 13.6 Å². The molecule has 0 spiro atoms. The zero-order chi connectivity index (χ0) is 14.6. The van der Waals surface area contributed by atoms with Crippen LogP contribution >= 0.6 is 11.6 Å². The van der Waals surface area contributed by atoms with Crippen LogP contribution in [0.2, 0.25) is 5.02 Å². The van der Waals surface area contributed by atoms with E-state index in [1.807, 2.05) is 13.8 Å². The van der Waals surface area contributed by atoms with Gasteiger partial charge in [-0.15, -0.1) is 0 Å². The van der Waals surface area contributed by atoms with E-state index in [0.717, 1.165) is 6.07 Å². The molecule has 1 rings (SSSR count). The molecule has 1 aromatic carbocycles. The van der Waals surface area contributed by atoms with Gasteiger partial charge in [0.1, 0.15) is 5.82 Å². The van der Waals surface area contributed by atoms with E-state index < -0.39 is 5.82 Å². The predicted molar refractivity (Wildman–Crippen MR) is 75.8 cm³/mol. The fraction of sp³-hybridized carbons (Fsp3) is 0.500. The zero-order valence-electron chi connectivity index (χ0n) is 11.5. The number of nitrogens with zero attached hydrogens (tertiary/aromatic N) is 1. The lowest BCUT2D eigenvalue weighted by Crippen LogP contribution is -2.35. The molecule has 106 valence electrons. The molecule has 0 saturated heterocycles. The maximum atomic E-state index is 13.6. The Morgan fingerprint density at radius 2 is 2.11 bits per heavy atom. The van der Waals surface area contributed by atoms with Gasteiger partial charge in [0.2, 0.25) is 0 Å².